The Labute approximate surface area is 130 Å². The predicted molar refractivity (Wildman–Crippen MR) is 76.8 cm³/mol. The molecule has 1 atom stereocenters. The lowest BCUT2D eigenvalue weighted by Gasteiger charge is -2.14. The molecule has 0 aliphatic heterocycles. The Morgan fingerprint density at radius 1 is 1.00 bits per heavy atom. The highest BCUT2D eigenvalue weighted by molar-refractivity contribution is 9.10. The van der Waals surface area contributed by atoms with Crippen LogP contribution in [0.5, 0.6) is 0 Å². The maximum Gasteiger partial charge on any atom is 0.133 e. The molecule has 0 radical (unpaired) electrons. The Balaban J connectivity index is 2.31. The highest BCUT2D eigenvalue weighted by atomic mass is 79.9. The first-order valence-electron chi connectivity index (χ1n) is 5.65. The number of aliphatic hydroxyl groups excluding tert-OH is 1. The van der Waals surface area contributed by atoms with Gasteiger partial charge in [-0.25, -0.2) is 13.2 Å². The molecule has 1 nitrogen and oxygen atoms in total. The lowest BCUT2D eigenvalue weighted by molar-refractivity contribution is 0.168. The normalized spacial score (nSPS) is 12.5. The molecule has 1 N–H and O–H groups in total. The quantitative estimate of drug-likeness (QED) is 0.763. The van der Waals surface area contributed by atoms with Crippen LogP contribution in [0.1, 0.15) is 17.2 Å². The van der Waals surface area contributed by atoms with Crippen LogP contribution in [0.3, 0.4) is 0 Å². The maximum absolute atomic E-state index is 13.7. The standard InChI is InChI=1S/C14H9Br2F3O/c15-8-4-11(18)14(12(19)5-8)13(20)3-7-1-2-9(17)6-10(7)16/h1-2,4-6,13,20H,3H2. The highest BCUT2D eigenvalue weighted by Gasteiger charge is 2.20. The Bertz CT molecular complexity index is 623. The van der Waals surface area contributed by atoms with Crippen molar-refractivity contribution in [2.24, 2.45) is 0 Å². The number of hydrogen-bond acceptors (Lipinski definition) is 1. The minimum Gasteiger partial charge on any atom is -0.388 e. The summed E-state index contributed by atoms with van der Waals surface area (Å²) in [6, 6.07) is 6.08. The van der Waals surface area contributed by atoms with Crippen LogP contribution in [0.4, 0.5) is 13.2 Å². The number of hydrogen-bond donors (Lipinski definition) is 1. The van der Waals surface area contributed by atoms with Crippen LogP contribution in [-0.2, 0) is 6.42 Å². The smallest absolute Gasteiger partial charge is 0.133 e. The molecule has 20 heavy (non-hydrogen) atoms. The lowest BCUT2D eigenvalue weighted by atomic mass is 10.0. The zero-order chi connectivity index (χ0) is 14.9. The highest BCUT2D eigenvalue weighted by Crippen LogP contribution is 2.29. The van der Waals surface area contributed by atoms with E-state index in [1.807, 2.05) is 0 Å². The third-order valence-corrected chi connectivity index (χ3v) is 4.00. The number of benzene rings is 2. The molecular formula is C14H9Br2F3O. The minimum atomic E-state index is -1.36. The topological polar surface area (TPSA) is 20.2 Å². The summed E-state index contributed by atoms with van der Waals surface area (Å²) in [7, 11) is 0. The summed E-state index contributed by atoms with van der Waals surface area (Å²) >= 11 is 6.12. The van der Waals surface area contributed by atoms with Gasteiger partial charge in [0, 0.05) is 15.4 Å². The third-order valence-electron chi connectivity index (χ3n) is 2.81. The van der Waals surface area contributed by atoms with Crippen molar-refractivity contribution >= 4 is 31.9 Å². The Morgan fingerprint density at radius 2 is 1.60 bits per heavy atom. The van der Waals surface area contributed by atoms with Crippen molar-refractivity contribution in [1.82, 2.24) is 0 Å². The van der Waals surface area contributed by atoms with Crippen molar-refractivity contribution in [2.75, 3.05) is 0 Å². The Morgan fingerprint density at radius 3 is 2.15 bits per heavy atom. The van der Waals surface area contributed by atoms with Gasteiger partial charge >= 0.3 is 0 Å². The molecular weight excluding hydrogens is 401 g/mol. The number of aliphatic hydroxyl groups is 1. The molecule has 0 saturated heterocycles. The first kappa shape index (κ1) is 15.5. The van der Waals surface area contributed by atoms with E-state index in [1.54, 1.807) is 0 Å². The molecule has 2 aromatic carbocycles. The van der Waals surface area contributed by atoms with Crippen LogP contribution < -0.4 is 0 Å². The van der Waals surface area contributed by atoms with E-state index in [2.05, 4.69) is 31.9 Å². The molecule has 0 amide bonds. The van der Waals surface area contributed by atoms with Gasteiger partial charge in [-0.15, -0.1) is 0 Å². The summed E-state index contributed by atoms with van der Waals surface area (Å²) in [4.78, 5) is 0. The summed E-state index contributed by atoms with van der Waals surface area (Å²) in [5.41, 5.74) is 0.157. The summed E-state index contributed by atoms with van der Waals surface area (Å²) in [6.45, 7) is 0. The minimum absolute atomic E-state index is 0.0314. The molecule has 106 valence electrons. The van der Waals surface area contributed by atoms with Crippen LogP contribution in [0.15, 0.2) is 39.3 Å². The molecule has 2 aromatic rings. The number of rotatable bonds is 3. The molecule has 0 spiro atoms. The van der Waals surface area contributed by atoms with Crippen molar-refractivity contribution in [3.8, 4) is 0 Å². The third kappa shape index (κ3) is 3.42. The van der Waals surface area contributed by atoms with Crippen molar-refractivity contribution in [3.05, 3.63) is 67.9 Å². The summed E-state index contributed by atoms with van der Waals surface area (Å²) in [6.07, 6.45) is -1.39. The van der Waals surface area contributed by atoms with Crippen LogP contribution in [0, 0.1) is 17.5 Å². The van der Waals surface area contributed by atoms with E-state index < -0.39 is 29.1 Å². The largest absolute Gasteiger partial charge is 0.388 e. The Hall–Kier alpha value is -0.850. The van der Waals surface area contributed by atoms with Gasteiger partial charge < -0.3 is 5.11 Å². The van der Waals surface area contributed by atoms with Gasteiger partial charge in [0.15, 0.2) is 0 Å². The summed E-state index contributed by atoms with van der Waals surface area (Å²) < 4.78 is 41.1. The average Bonchev–Trinajstić information content (AvgIpc) is 2.31. The zero-order valence-electron chi connectivity index (χ0n) is 10.0. The fraction of sp³-hybridized carbons (Fsp3) is 0.143. The van der Waals surface area contributed by atoms with Gasteiger partial charge in [-0.3, -0.25) is 0 Å². The lowest BCUT2D eigenvalue weighted by Crippen LogP contribution is -2.08. The summed E-state index contributed by atoms with van der Waals surface area (Å²) in [5.74, 6) is -2.10. The second kappa shape index (κ2) is 6.28. The van der Waals surface area contributed by atoms with Gasteiger partial charge in [0.2, 0.25) is 0 Å². The molecule has 0 aromatic heterocycles. The van der Waals surface area contributed by atoms with Gasteiger partial charge in [-0.05, 0) is 29.8 Å². The monoisotopic (exact) mass is 408 g/mol. The van der Waals surface area contributed by atoms with Crippen molar-refractivity contribution in [1.29, 1.82) is 0 Å². The average molecular weight is 410 g/mol. The maximum atomic E-state index is 13.7. The van der Waals surface area contributed by atoms with E-state index in [1.165, 1.54) is 18.2 Å². The van der Waals surface area contributed by atoms with Gasteiger partial charge in [0.1, 0.15) is 17.5 Å². The second-order valence-electron chi connectivity index (χ2n) is 4.24. The zero-order valence-corrected chi connectivity index (χ0v) is 13.2. The van der Waals surface area contributed by atoms with Crippen LogP contribution in [0.25, 0.3) is 0 Å². The van der Waals surface area contributed by atoms with E-state index in [4.69, 9.17) is 0 Å². The van der Waals surface area contributed by atoms with E-state index >= 15 is 0 Å². The van der Waals surface area contributed by atoms with Crippen LogP contribution in [-0.4, -0.2) is 5.11 Å². The van der Waals surface area contributed by atoms with Crippen molar-refractivity contribution in [3.63, 3.8) is 0 Å². The van der Waals surface area contributed by atoms with E-state index in [0.717, 1.165) is 12.1 Å². The molecule has 0 heterocycles. The molecule has 1 unspecified atom stereocenters. The first-order valence-corrected chi connectivity index (χ1v) is 7.23. The fourth-order valence-corrected chi connectivity index (χ4v) is 2.78. The summed E-state index contributed by atoms with van der Waals surface area (Å²) in [5, 5.41) is 10.0. The molecule has 0 bridgehead atoms. The van der Waals surface area contributed by atoms with Gasteiger partial charge in [0.25, 0.3) is 0 Å². The van der Waals surface area contributed by atoms with Crippen molar-refractivity contribution < 1.29 is 18.3 Å². The molecule has 6 heteroatoms. The number of halogens is 5. The Kier molecular flexibility index (Phi) is 4.88. The SMILES string of the molecule is OC(Cc1ccc(F)cc1Br)c1c(F)cc(Br)cc1F. The second-order valence-corrected chi connectivity index (χ2v) is 6.01. The first-order chi connectivity index (χ1) is 9.38. The van der Waals surface area contributed by atoms with Gasteiger partial charge in [-0.2, -0.15) is 0 Å². The van der Waals surface area contributed by atoms with Crippen molar-refractivity contribution in [2.45, 2.75) is 12.5 Å². The van der Waals surface area contributed by atoms with Crippen LogP contribution >= 0.6 is 31.9 Å². The molecule has 2 rings (SSSR count). The molecule has 0 saturated carbocycles. The predicted octanol–water partition coefficient (Wildman–Crippen LogP) is 4.91. The molecule has 0 fully saturated rings. The van der Waals surface area contributed by atoms with Crippen LogP contribution in [0.2, 0.25) is 0 Å². The van der Waals surface area contributed by atoms with E-state index in [0.29, 0.717) is 10.0 Å². The van der Waals surface area contributed by atoms with Gasteiger partial charge in [-0.1, -0.05) is 37.9 Å². The van der Waals surface area contributed by atoms with E-state index in [9.17, 15) is 18.3 Å². The fourth-order valence-electron chi connectivity index (χ4n) is 1.87. The molecule has 0 aliphatic rings. The van der Waals surface area contributed by atoms with Gasteiger partial charge in [0.05, 0.1) is 11.7 Å². The van der Waals surface area contributed by atoms with E-state index in [-0.39, 0.29) is 10.9 Å². The molecule has 0 aliphatic carbocycles.